The van der Waals surface area contributed by atoms with Gasteiger partial charge in [-0.05, 0) is 42.6 Å². The molecule has 2 nitrogen and oxygen atoms in total. The van der Waals surface area contributed by atoms with E-state index in [1.165, 1.54) is 0 Å². The maximum absolute atomic E-state index is 12.4. The van der Waals surface area contributed by atoms with Gasteiger partial charge < -0.3 is 5.11 Å². The standard InChI is InChI=1S/C12H17O2S2/c13-10-6-8-4-9(5-8)7-11(14)12(10)15-2-1-3-16-12/h8-10H,1-7H2/q-1/t8?,9?,10-/m1/s1. The van der Waals surface area contributed by atoms with Crippen LogP contribution in [0.4, 0.5) is 0 Å². The van der Waals surface area contributed by atoms with Crippen LogP contribution in [0.15, 0.2) is 0 Å². The molecule has 1 spiro atoms. The maximum atomic E-state index is 12.4. The first-order valence-electron chi connectivity index (χ1n) is 6.18. The molecule has 0 N–H and O–H groups in total. The Morgan fingerprint density at radius 1 is 1.12 bits per heavy atom. The molecule has 0 amide bonds. The lowest BCUT2D eigenvalue weighted by Crippen LogP contribution is -2.56. The third kappa shape index (κ3) is 1.73. The largest absolute Gasteiger partial charge is 0.850 e. The SMILES string of the molecule is O=C1CC2CC(C2)C[C@@H]([O-])C12SCCCS2. The zero-order valence-electron chi connectivity index (χ0n) is 9.31. The second kappa shape index (κ2) is 4.21. The molecule has 1 atom stereocenters. The lowest BCUT2D eigenvalue weighted by Gasteiger charge is -2.52. The Bertz CT molecular complexity index is 293. The fourth-order valence-electron chi connectivity index (χ4n) is 3.17. The summed E-state index contributed by atoms with van der Waals surface area (Å²) >= 11 is 3.30. The summed E-state index contributed by atoms with van der Waals surface area (Å²) in [5.41, 5.74) is 0. The maximum Gasteiger partial charge on any atom is 0.158 e. The summed E-state index contributed by atoms with van der Waals surface area (Å²) in [6, 6.07) is 0. The highest BCUT2D eigenvalue weighted by atomic mass is 32.2. The molecule has 4 rings (SSSR count). The lowest BCUT2D eigenvalue weighted by atomic mass is 9.67. The number of carbonyl (C=O) groups excluding carboxylic acids is 1. The number of hydrogen-bond acceptors (Lipinski definition) is 4. The highest BCUT2D eigenvalue weighted by Gasteiger charge is 2.48. The molecule has 0 aromatic rings. The molecule has 4 fully saturated rings. The summed E-state index contributed by atoms with van der Waals surface area (Å²) < 4.78 is -0.602. The quantitative estimate of drug-likeness (QED) is 0.662. The molecule has 3 aliphatic carbocycles. The molecule has 1 heterocycles. The van der Waals surface area contributed by atoms with Crippen LogP contribution < -0.4 is 5.11 Å². The third-order valence-electron chi connectivity index (χ3n) is 4.09. The summed E-state index contributed by atoms with van der Waals surface area (Å²) in [5.74, 6) is 3.47. The van der Waals surface area contributed by atoms with Gasteiger partial charge in [-0.3, -0.25) is 4.79 Å². The topological polar surface area (TPSA) is 40.1 Å². The van der Waals surface area contributed by atoms with Gasteiger partial charge in [0.05, 0.1) is 0 Å². The van der Waals surface area contributed by atoms with E-state index in [1.807, 2.05) is 0 Å². The van der Waals surface area contributed by atoms with Crippen LogP contribution in [-0.4, -0.2) is 27.5 Å². The van der Waals surface area contributed by atoms with Crippen molar-refractivity contribution in [2.45, 2.75) is 42.3 Å². The van der Waals surface area contributed by atoms with Gasteiger partial charge in [0.1, 0.15) is 4.08 Å². The van der Waals surface area contributed by atoms with Crippen molar-refractivity contribution < 1.29 is 9.90 Å². The van der Waals surface area contributed by atoms with Crippen molar-refractivity contribution >= 4 is 29.3 Å². The van der Waals surface area contributed by atoms with Crippen molar-refractivity contribution in [1.82, 2.24) is 0 Å². The molecular formula is C12H17O2S2-. The van der Waals surface area contributed by atoms with Crippen LogP contribution in [-0.2, 0) is 4.79 Å². The Labute approximate surface area is 105 Å². The molecule has 1 saturated heterocycles. The van der Waals surface area contributed by atoms with E-state index in [2.05, 4.69) is 0 Å². The van der Waals surface area contributed by atoms with Gasteiger partial charge in [-0.25, -0.2) is 0 Å². The Morgan fingerprint density at radius 2 is 1.81 bits per heavy atom. The highest BCUT2D eigenvalue weighted by Crippen LogP contribution is 2.52. The number of carbonyl (C=O) groups is 1. The number of Topliss-reactive ketones (excluding diaryl/α,β-unsaturated/α-hetero) is 1. The van der Waals surface area contributed by atoms with Gasteiger partial charge in [-0.1, -0.05) is 12.5 Å². The van der Waals surface area contributed by atoms with Gasteiger partial charge >= 0.3 is 0 Å². The molecule has 4 aliphatic rings. The molecule has 16 heavy (non-hydrogen) atoms. The summed E-state index contributed by atoms with van der Waals surface area (Å²) in [4.78, 5) is 12.3. The van der Waals surface area contributed by atoms with Crippen molar-refractivity contribution in [3.63, 3.8) is 0 Å². The Morgan fingerprint density at radius 3 is 2.50 bits per heavy atom. The van der Waals surface area contributed by atoms with Gasteiger partial charge in [0, 0.05) is 6.42 Å². The van der Waals surface area contributed by atoms with Gasteiger partial charge in [0.25, 0.3) is 0 Å². The minimum atomic E-state index is -0.665. The van der Waals surface area contributed by atoms with Gasteiger partial charge in [0.2, 0.25) is 0 Å². The Kier molecular flexibility index (Phi) is 3.01. The van der Waals surface area contributed by atoms with Crippen molar-refractivity contribution in [3.05, 3.63) is 0 Å². The average molecular weight is 257 g/mol. The number of fused-ring (bicyclic) bond motifs is 2. The smallest absolute Gasteiger partial charge is 0.158 e. The minimum Gasteiger partial charge on any atom is -0.850 e. The molecule has 90 valence electrons. The van der Waals surface area contributed by atoms with Crippen molar-refractivity contribution in [2.75, 3.05) is 11.5 Å². The molecule has 2 bridgehead atoms. The van der Waals surface area contributed by atoms with Crippen LogP contribution in [0.3, 0.4) is 0 Å². The van der Waals surface area contributed by atoms with E-state index in [0.29, 0.717) is 18.3 Å². The van der Waals surface area contributed by atoms with Gasteiger partial charge in [-0.2, -0.15) is 0 Å². The monoisotopic (exact) mass is 257 g/mol. The van der Waals surface area contributed by atoms with Gasteiger partial charge in [-0.15, -0.1) is 23.5 Å². The van der Waals surface area contributed by atoms with Crippen LogP contribution in [0.1, 0.15) is 32.1 Å². The van der Waals surface area contributed by atoms with E-state index < -0.39 is 10.2 Å². The lowest BCUT2D eigenvalue weighted by molar-refractivity contribution is -0.424. The molecule has 0 radical (unpaired) electrons. The molecular weight excluding hydrogens is 240 g/mol. The van der Waals surface area contributed by atoms with E-state index in [0.717, 1.165) is 37.2 Å². The van der Waals surface area contributed by atoms with Crippen molar-refractivity contribution in [2.24, 2.45) is 11.8 Å². The molecule has 1 aliphatic heterocycles. The minimum absolute atomic E-state index is 0.255. The van der Waals surface area contributed by atoms with Crippen molar-refractivity contribution in [1.29, 1.82) is 0 Å². The van der Waals surface area contributed by atoms with Crippen LogP contribution in [0.25, 0.3) is 0 Å². The predicted molar refractivity (Wildman–Crippen MR) is 66.5 cm³/mol. The highest BCUT2D eigenvalue weighted by molar-refractivity contribution is 8.20. The number of hydrogen-bond donors (Lipinski definition) is 0. The predicted octanol–water partition coefficient (Wildman–Crippen LogP) is 1.67. The summed E-state index contributed by atoms with van der Waals surface area (Å²) in [6.07, 6.45) is 4.16. The summed E-state index contributed by atoms with van der Waals surface area (Å²) in [5, 5.41) is 12.4. The van der Waals surface area contributed by atoms with E-state index in [-0.39, 0.29) is 5.78 Å². The van der Waals surface area contributed by atoms with Gasteiger partial charge in [0.15, 0.2) is 5.78 Å². The molecule has 0 unspecified atom stereocenters. The number of ketones is 1. The second-order valence-electron chi connectivity index (χ2n) is 5.27. The van der Waals surface area contributed by atoms with Crippen molar-refractivity contribution in [3.8, 4) is 0 Å². The summed E-state index contributed by atoms with van der Waals surface area (Å²) in [7, 11) is 0. The first kappa shape index (κ1) is 11.4. The first-order chi connectivity index (χ1) is 7.71. The van der Waals surface area contributed by atoms with Crippen LogP contribution in [0.5, 0.6) is 0 Å². The fraction of sp³-hybridized carbons (Fsp3) is 0.917. The molecule has 0 aromatic heterocycles. The first-order valence-corrected chi connectivity index (χ1v) is 8.15. The molecule has 4 heteroatoms. The zero-order valence-corrected chi connectivity index (χ0v) is 10.9. The third-order valence-corrected chi connectivity index (χ3v) is 7.62. The van der Waals surface area contributed by atoms with Crippen LogP contribution >= 0.6 is 23.5 Å². The molecule has 3 saturated carbocycles. The van der Waals surface area contributed by atoms with Crippen LogP contribution in [0.2, 0.25) is 0 Å². The second-order valence-corrected chi connectivity index (χ2v) is 8.21. The zero-order chi connectivity index (χ0) is 11.2. The number of thioether (sulfide) groups is 2. The average Bonchev–Trinajstić information content (AvgIpc) is 2.25. The molecule has 0 aromatic carbocycles. The Balaban J connectivity index is 1.85. The number of rotatable bonds is 0. The van der Waals surface area contributed by atoms with E-state index >= 15 is 0 Å². The normalized spacial score (nSPS) is 42.3. The van der Waals surface area contributed by atoms with E-state index in [1.54, 1.807) is 23.5 Å². The summed E-state index contributed by atoms with van der Waals surface area (Å²) in [6.45, 7) is 0. The van der Waals surface area contributed by atoms with E-state index in [9.17, 15) is 9.90 Å². The fourth-order valence-corrected chi connectivity index (χ4v) is 6.42. The van der Waals surface area contributed by atoms with E-state index in [4.69, 9.17) is 0 Å². The van der Waals surface area contributed by atoms with Crippen LogP contribution in [0, 0.1) is 11.8 Å². The Hall–Kier alpha value is 0.330.